The third kappa shape index (κ3) is 2.75. The minimum absolute atomic E-state index is 0.994. The zero-order valence-electron chi connectivity index (χ0n) is 10.9. The fourth-order valence-corrected chi connectivity index (χ4v) is 1.88. The summed E-state index contributed by atoms with van der Waals surface area (Å²) in [5, 5.41) is 0. The predicted octanol–water partition coefficient (Wildman–Crippen LogP) is 4.65. The highest BCUT2D eigenvalue weighted by Gasteiger charge is 2.02. The SMILES string of the molecule is C=C/C=C(\C)c1cccc(-c2cccc(C)c2)n1. The molecule has 0 fully saturated rings. The van der Waals surface area contributed by atoms with Crippen LogP contribution in [0.3, 0.4) is 0 Å². The van der Waals surface area contributed by atoms with Crippen molar-refractivity contribution in [3.05, 3.63) is 72.5 Å². The van der Waals surface area contributed by atoms with Crippen LogP contribution in [0.5, 0.6) is 0 Å². The van der Waals surface area contributed by atoms with E-state index in [9.17, 15) is 0 Å². The molecule has 1 aromatic heterocycles. The predicted molar refractivity (Wildman–Crippen MR) is 78.3 cm³/mol. The summed E-state index contributed by atoms with van der Waals surface area (Å²) in [5.74, 6) is 0. The molecule has 0 saturated carbocycles. The molecule has 0 saturated heterocycles. The summed E-state index contributed by atoms with van der Waals surface area (Å²) in [6.07, 6.45) is 3.76. The second kappa shape index (κ2) is 5.46. The molecule has 0 bridgehead atoms. The first kappa shape index (κ1) is 12.3. The molecule has 0 aliphatic heterocycles. The van der Waals surface area contributed by atoms with E-state index in [1.807, 2.05) is 31.2 Å². The summed E-state index contributed by atoms with van der Waals surface area (Å²) >= 11 is 0. The molecule has 18 heavy (non-hydrogen) atoms. The molecule has 0 amide bonds. The summed E-state index contributed by atoms with van der Waals surface area (Å²) in [7, 11) is 0. The fraction of sp³-hybridized carbons (Fsp3) is 0.118. The van der Waals surface area contributed by atoms with Gasteiger partial charge in [-0.2, -0.15) is 0 Å². The molecule has 2 aromatic rings. The van der Waals surface area contributed by atoms with E-state index >= 15 is 0 Å². The molecule has 90 valence electrons. The van der Waals surface area contributed by atoms with Crippen molar-refractivity contribution in [1.29, 1.82) is 0 Å². The number of allylic oxidation sites excluding steroid dienone is 3. The molecule has 0 radical (unpaired) electrons. The van der Waals surface area contributed by atoms with Crippen LogP contribution >= 0.6 is 0 Å². The van der Waals surface area contributed by atoms with Crippen molar-refractivity contribution >= 4 is 5.57 Å². The van der Waals surface area contributed by atoms with E-state index in [1.54, 1.807) is 6.08 Å². The Balaban J connectivity index is 2.44. The van der Waals surface area contributed by atoms with Crippen molar-refractivity contribution in [2.24, 2.45) is 0 Å². The quantitative estimate of drug-likeness (QED) is 0.706. The van der Waals surface area contributed by atoms with Crippen molar-refractivity contribution in [3.63, 3.8) is 0 Å². The van der Waals surface area contributed by atoms with E-state index in [2.05, 4.69) is 42.8 Å². The molecule has 0 unspecified atom stereocenters. The smallest absolute Gasteiger partial charge is 0.0709 e. The van der Waals surface area contributed by atoms with Crippen molar-refractivity contribution in [1.82, 2.24) is 4.98 Å². The van der Waals surface area contributed by atoms with Gasteiger partial charge in [0.2, 0.25) is 0 Å². The summed E-state index contributed by atoms with van der Waals surface area (Å²) in [6.45, 7) is 7.85. The summed E-state index contributed by atoms with van der Waals surface area (Å²) < 4.78 is 0. The molecule has 1 nitrogen and oxygen atoms in total. The second-order valence-corrected chi connectivity index (χ2v) is 4.36. The molecule has 0 atom stereocenters. The molecular weight excluding hydrogens is 218 g/mol. The number of hydrogen-bond donors (Lipinski definition) is 0. The third-order valence-corrected chi connectivity index (χ3v) is 2.83. The minimum Gasteiger partial charge on any atom is -0.248 e. The van der Waals surface area contributed by atoms with Crippen molar-refractivity contribution in [2.45, 2.75) is 13.8 Å². The fourth-order valence-electron chi connectivity index (χ4n) is 1.88. The van der Waals surface area contributed by atoms with Crippen molar-refractivity contribution < 1.29 is 0 Å². The van der Waals surface area contributed by atoms with Crippen LogP contribution in [-0.4, -0.2) is 4.98 Å². The van der Waals surface area contributed by atoms with Crippen LogP contribution in [0, 0.1) is 6.92 Å². The van der Waals surface area contributed by atoms with Gasteiger partial charge in [0.1, 0.15) is 0 Å². The Kier molecular flexibility index (Phi) is 3.73. The Morgan fingerprint density at radius 3 is 2.67 bits per heavy atom. The highest BCUT2D eigenvalue weighted by atomic mass is 14.7. The average molecular weight is 235 g/mol. The molecule has 1 heteroatoms. The largest absolute Gasteiger partial charge is 0.248 e. The number of nitrogens with zero attached hydrogens (tertiary/aromatic N) is 1. The lowest BCUT2D eigenvalue weighted by Gasteiger charge is -2.05. The second-order valence-electron chi connectivity index (χ2n) is 4.36. The van der Waals surface area contributed by atoms with E-state index in [1.165, 1.54) is 5.56 Å². The van der Waals surface area contributed by atoms with Gasteiger partial charge in [0.05, 0.1) is 11.4 Å². The Morgan fingerprint density at radius 1 is 1.17 bits per heavy atom. The first-order valence-corrected chi connectivity index (χ1v) is 6.04. The third-order valence-electron chi connectivity index (χ3n) is 2.83. The van der Waals surface area contributed by atoms with Crippen LogP contribution in [0.15, 0.2) is 61.2 Å². The molecule has 0 aliphatic carbocycles. The van der Waals surface area contributed by atoms with Gasteiger partial charge in [0.15, 0.2) is 0 Å². The first-order valence-electron chi connectivity index (χ1n) is 6.04. The Labute approximate surface area is 109 Å². The maximum Gasteiger partial charge on any atom is 0.0709 e. The lowest BCUT2D eigenvalue weighted by atomic mass is 10.1. The van der Waals surface area contributed by atoms with E-state index in [0.29, 0.717) is 0 Å². The van der Waals surface area contributed by atoms with Crippen molar-refractivity contribution in [3.8, 4) is 11.3 Å². The number of benzene rings is 1. The molecular formula is C17H17N. The average Bonchev–Trinajstić information content (AvgIpc) is 2.39. The summed E-state index contributed by atoms with van der Waals surface area (Å²) in [5.41, 5.74) is 5.53. The van der Waals surface area contributed by atoms with Crippen LogP contribution in [0.4, 0.5) is 0 Å². The highest BCUT2D eigenvalue weighted by molar-refractivity contribution is 5.66. The normalized spacial score (nSPS) is 11.3. The standard InChI is InChI=1S/C17H17N/c1-4-7-14(3)16-10-6-11-17(18-16)15-9-5-8-13(2)12-15/h4-12H,1H2,2-3H3/b14-7+. The van der Waals surface area contributed by atoms with Gasteiger partial charge in [-0.25, -0.2) is 4.98 Å². The Morgan fingerprint density at radius 2 is 1.94 bits per heavy atom. The zero-order valence-corrected chi connectivity index (χ0v) is 10.9. The summed E-state index contributed by atoms with van der Waals surface area (Å²) in [4.78, 5) is 4.69. The number of pyridine rings is 1. The van der Waals surface area contributed by atoms with E-state index in [0.717, 1.165) is 22.5 Å². The first-order chi connectivity index (χ1) is 8.70. The minimum atomic E-state index is 0.994. The van der Waals surface area contributed by atoms with Crippen LogP contribution in [0.1, 0.15) is 18.2 Å². The lowest BCUT2D eigenvalue weighted by molar-refractivity contribution is 1.26. The molecule has 0 aliphatic rings. The van der Waals surface area contributed by atoms with Gasteiger partial charge < -0.3 is 0 Å². The molecule has 1 aromatic carbocycles. The topological polar surface area (TPSA) is 12.9 Å². The lowest BCUT2D eigenvalue weighted by Crippen LogP contribution is -1.89. The van der Waals surface area contributed by atoms with Gasteiger partial charge in [0.25, 0.3) is 0 Å². The summed E-state index contributed by atoms with van der Waals surface area (Å²) in [6, 6.07) is 14.5. The van der Waals surface area contributed by atoms with Crippen molar-refractivity contribution in [2.75, 3.05) is 0 Å². The van der Waals surface area contributed by atoms with Crippen LogP contribution in [-0.2, 0) is 0 Å². The van der Waals surface area contributed by atoms with E-state index in [4.69, 9.17) is 0 Å². The van der Waals surface area contributed by atoms with Gasteiger partial charge in [-0.15, -0.1) is 0 Å². The van der Waals surface area contributed by atoms with Gasteiger partial charge in [-0.05, 0) is 37.6 Å². The van der Waals surface area contributed by atoms with E-state index in [-0.39, 0.29) is 0 Å². The molecule has 0 N–H and O–H groups in total. The Hall–Kier alpha value is -2.15. The highest BCUT2D eigenvalue weighted by Crippen LogP contribution is 2.20. The zero-order chi connectivity index (χ0) is 13.0. The van der Waals surface area contributed by atoms with Crippen LogP contribution in [0.2, 0.25) is 0 Å². The number of hydrogen-bond acceptors (Lipinski definition) is 1. The maximum absolute atomic E-state index is 4.69. The molecule has 0 spiro atoms. The van der Waals surface area contributed by atoms with Gasteiger partial charge in [-0.1, -0.05) is 48.6 Å². The van der Waals surface area contributed by atoms with Gasteiger partial charge in [-0.3, -0.25) is 0 Å². The van der Waals surface area contributed by atoms with Crippen LogP contribution < -0.4 is 0 Å². The number of aromatic nitrogens is 1. The number of aryl methyl sites for hydroxylation is 1. The van der Waals surface area contributed by atoms with Crippen LogP contribution in [0.25, 0.3) is 16.8 Å². The van der Waals surface area contributed by atoms with E-state index < -0.39 is 0 Å². The van der Waals surface area contributed by atoms with Gasteiger partial charge >= 0.3 is 0 Å². The molecule has 2 rings (SSSR count). The maximum atomic E-state index is 4.69. The number of rotatable bonds is 3. The van der Waals surface area contributed by atoms with Gasteiger partial charge in [0, 0.05) is 5.56 Å². The molecule has 1 heterocycles. The monoisotopic (exact) mass is 235 g/mol. The Bertz CT molecular complexity index is 594.